The summed E-state index contributed by atoms with van der Waals surface area (Å²) in [6.45, 7) is 4.26. The minimum atomic E-state index is -4.05. The number of methoxy groups -OCH3 is 1. The number of hydrogen-bond donors (Lipinski definition) is 0. The molecule has 1 saturated heterocycles. The van der Waals surface area contributed by atoms with E-state index in [0.29, 0.717) is 19.5 Å². The number of ether oxygens (including phenoxy) is 1. The normalized spacial score (nSPS) is 18.5. The molecule has 7 heteroatoms. The highest BCUT2D eigenvalue weighted by Gasteiger charge is 2.27. The van der Waals surface area contributed by atoms with Gasteiger partial charge in [0.15, 0.2) is 0 Å². The molecular weight excluding hydrogens is 261 g/mol. The molecule has 1 aliphatic heterocycles. The highest BCUT2D eigenvalue weighted by molar-refractivity contribution is 5.69. The van der Waals surface area contributed by atoms with E-state index in [9.17, 15) is 18.0 Å². The lowest BCUT2D eigenvalue weighted by molar-refractivity contribution is -0.141. The van der Waals surface area contributed by atoms with E-state index in [1.165, 1.54) is 7.11 Å². The van der Waals surface area contributed by atoms with Crippen molar-refractivity contribution in [3.05, 3.63) is 0 Å². The van der Waals surface area contributed by atoms with E-state index >= 15 is 0 Å². The highest BCUT2D eigenvalue weighted by atomic mass is 19.4. The van der Waals surface area contributed by atoms with E-state index in [2.05, 4.69) is 9.64 Å². The van der Waals surface area contributed by atoms with Crippen molar-refractivity contribution in [1.82, 2.24) is 9.80 Å². The van der Waals surface area contributed by atoms with Crippen LogP contribution >= 0.6 is 0 Å². The molecular formula is C12H21F3N2O2. The molecule has 0 saturated carbocycles. The van der Waals surface area contributed by atoms with Crippen molar-refractivity contribution >= 4 is 5.97 Å². The molecule has 0 aromatic rings. The summed E-state index contributed by atoms with van der Waals surface area (Å²) in [7, 11) is 1.36. The van der Waals surface area contributed by atoms with Gasteiger partial charge in [-0.2, -0.15) is 13.2 Å². The van der Waals surface area contributed by atoms with Crippen LogP contribution in [0.5, 0.6) is 0 Å². The predicted octanol–water partition coefficient (Wildman–Crippen LogP) is 1.51. The minimum absolute atomic E-state index is 0.158. The zero-order valence-electron chi connectivity index (χ0n) is 11.2. The molecule has 1 aliphatic rings. The minimum Gasteiger partial charge on any atom is -0.469 e. The maximum atomic E-state index is 12.0. The largest absolute Gasteiger partial charge is 0.469 e. The van der Waals surface area contributed by atoms with Crippen LogP contribution in [-0.2, 0) is 9.53 Å². The van der Waals surface area contributed by atoms with Gasteiger partial charge in [0.1, 0.15) is 0 Å². The summed E-state index contributed by atoms with van der Waals surface area (Å²) in [6.07, 6.45) is -4.24. The van der Waals surface area contributed by atoms with E-state index in [1.807, 2.05) is 4.90 Å². The molecule has 0 atom stereocenters. The van der Waals surface area contributed by atoms with Gasteiger partial charge in [-0.05, 0) is 13.0 Å². The van der Waals surface area contributed by atoms with E-state index < -0.39 is 12.6 Å². The molecule has 112 valence electrons. The molecule has 0 aromatic heterocycles. The first-order valence-corrected chi connectivity index (χ1v) is 6.49. The van der Waals surface area contributed by atoms with E-state index in [4.69, 9.17) is 0 Å². The van der Waals surface area contributed by atoms with Crippen molar-refractivity contribution in [2.45, 2.75) is 25.4 Å². The topological polar surface area (TPSA) is 32.8 Å². The van der Waals surface area contributed by atoms with Gasteiger partial charge in [-0.1, -0.05) is 0 Å². The smallest absolute Gasteiger partial charge is 0.389 e. The molecule has 1 rings (SSSR count). The van der Waals surface area contributed by atoms with Crippen molar-refractivity contribution in [1.29, 1.82) is 0 Å². The third kappa shape index (κ3) is 7.37. The fraction of sp³-hybridized carbons (Fsp3) is 0.917. The van der Waals surface area contributed by atoms with Gasteiger partial charge in [-0.3, -0.25) is 4.79 Å². The number of carbonyl (C=O) groups is 1. The van der Waals surface area contributed by atoms with Crippen LogP contribution in [0.1, 0.15) is 19.3 Å². The second-order valence-electron chi connectivity index (χ2n) is 4.73. The maximum Gasteiger partial charge on any atom is 0.389 e. The SMILES string of the molecule is COC(=O)CCN1CCN(CCCC(F)(F)F)CC1. The monoisotopic (exact) mass is 282 g/mol. The Hall–Kier alpha value is -0.820. The van der Waals surface area contributed by atoms with Gasteiger partial charge in [-0.15, -0.1) is 0 Å². The fourth-order valence-corrected chi connectivity index (χ4v) is 2.09. The number of hydrogen-bond acceptors (Lipinski definition) is 4. The van der Waals surface area contributed by atoms with Gasteiger partial charge >= 0.3 is 12.1 Å². The van der Waals surface area contributed by atoms with Gasteiger partial charge in [0.25, 0.3) is 0 Å². The molecule has 4 nitrogen and oxygen atoms in total. The Kier molecular flexibility index (Phi) is 6.57. The number of rotatable bonds is 6. The van der Waals surface area contributed by atoms with Crippen LogP contribution in [0, 0.1) is 0 Å². The number of piperazine rings is 1. The van der Waals surface area contributed by atoms with E-state index in [0.717, 1.165) is 26.2 Å². The maximum absolute atomic E-state index is 12.0. The molecule has 0 bridgehead atoms. The zero-order chi connectivity index (χ0) is 14.3. The number of esters is 1. The summed E-state index contributed by atoms with van der Waals surface area (Å²) in [5, 5.41) is 0. The highest BCUT2D eigenvalue weighted by Crippen LogP contribution is 2.21. The van der Waals surface area contributed by atoms with Crippen LogP contribution in [0.4, 0.5) is 13.2 Å². The van der Waals surface area contributed by atoms with Crippen LogP contribution in [-0.4, -0.2) is 68.3 Å². The number of carbonyl (C=O) groups excluding carboxylic acids is 1. The zero-order valence-corrected chi connectivity index (χ0v) is 11.2. The van der Waals surface area contributed by atoms with Crippen molar-refractivity contribution in [3.8, 4) is 0 Å². The van der Waals surface area contributed by atoms with Gasteiger partial charge < -0.3 is 14.5 Å². The standard InChI is InChI=1S/C12H21F3N2O2/c1-19-11(18)3-6-17-9-7-16(8-10-17)5-2-4-12(13,14)15/h2-10H2,1H3. The summed E-state index contributed by atoms with van der Waals surface area (Å²) >= 11 is 0. The lowest BCUT2D eigenvalue weighted by atomic mass is 10.2. The molecule has 0 aliphatic carbocycles. The summed E-state index contributed by atoms with van der Waals surface area (Å²) < 4.78 is 40.6. The van der Waals surface area contributed by atoms with Crippen molar-refractivity contribution in [3.63, 3.8) is 0 Å². The first-order valence-electron chi connectivity index (χ1n) is 6.49. The third-order valence-corrected chi connectivity index (χ3v) is 3.26. The number of nitrogens with zero attached hydrogens (tertiary/aromatic N) is 2. The Labute approximate surface area is 111 Å². The summed E-state index contributed by atoms with van der Waals surface area (Å²) in [6, 6.07) is 0. The molecule has 0 aromatic carbocycles. The Morgan fingerprint density at radius 2 is 1.63 bits per heavy atom. The average Bonchev–Trinajstić information content (AvgIpc) is 2.36. The van der Waals surface area contributed by atoms with Gasteiger partial charge in [0.05, 0.1) is 13.5 Å². The molecule has 1 heterocycles. The molecule has 0 spiro atoms. The number of alkyl halides is 3. The van der Waals surface area contributed by atoms with Crippen LogP contribution in [0.3, 0.4) is 0 Å². The first kappa shape index (κ1) is 16.2. The Balaban J connectivity index is 2.10. The second kappa shape index (κ2) is 7.69. The summed E-state index contributed by atoms with van der Waals surface area (Å²) in [5.74, 6) is -0.229. The Morgan fingerprint density at radius 3 is 2.11 bits per heavy atom. The number of halogens is 3. The quantitative estimate of drug-likeness (QED) is 0.691. The average molecular weight is 282 g/mol. The molecule has 1 fully saturated rings. The summed E-state index contributed by atoms with van der Waals surface area (Å²) in [5.41, 5.74) is 0. The first-order chi connectivity index (χ1) is 8.90. The van der Waals surface area contributed by atoms with Crippen molar-refractivity contribution in [2.24, 2.45) is 0 Å². The third-order valence-electron chi connectivity index (χ3n) is 3.26. The Bertz CT molecular complexity index is 277. The van der Waals surface area contributed by atoms with Crippen molar-refractivity contribution < 1.29 is 22.7 Å². The van der Waals surface area contributed by atoms with Crippen LogP contribution in [0.2, 0.25) is 0 Å². The molecule has 19 heavy (non-hydrogen) atoms. The lowest BCUT2D eigenvalue weighted by Gasteiger charge is -2.34. The Morgan fingerprint density at radius 1 is 1.11 bits per heavy atom. The van der Waals surface area contributed by atoms with Crippen LogP contribution in [0.15, 0.2) is 0 Å². The predicted molar refractivity (Wildman–Crippen MR) is 64.8 cm³/mol. The van der Waals surface area contributed by atoms with Gasteiger partial charge in [0.2, 0.25) is 0 Å². The molecule has 0 radical (unpaired) electrons. The molecule has 0 N–H and O–H groups in total. The molecule has 0 unspecified atom stereocenters. The second-order valence-corrected chi connectivity index (χ2v) is 4.73. The fourth-order valence-electron chi connectivity index (χ4n) is 2.09. The van der Waals surface area contributed by atoms with Crippen molar-refractivity contribution in [2.75, 3.05) is 46.4 Å². The van der Waals surface area contributed by atoms with Crippen LogP contribution < -0.4 is 0 Å². The van der Waals surface area contributed by atoms with Crippen LogP contribution in [0.25, 0.3) is 0 Å². The van der Waals surface area contributed by atoms with Gasteiger partial charge in [0, 0.05) is 39.1 Å². The lowest BCUT2D eigenvalue weighted by Crippen LogP contribution is -2.47. The van der Waals surface area contributed by atoms with E-state index in [-0.39, 0.29) is 12.4 Å². The summed E-state index contributed by atoms with van der Waals surface area (Å²) in [4.78, 5) is 15.2. The van der Waals surface area contributed by atoms with Gasteiger partial charge in [-0.25, -0.2) is 0 Å². The van der Waals surface area contributed by atoms with E-state index in [1.54, 1.807) is 0 Å². The molecule has 0 amide bonds.